The summed E-state index contributed by atoms with van der Waals surface area (Å²) in [4.78, 5) is 6.24. The molecule has 0 amide bonds. The second kappa shape index (κ2) is 7.63. The first kappa shape index (κ1) is 17.0. The van der Waals surface area contributed by atoms with E-state index < -0.39 is 10.0 Å². The van der Waals surface area contributed by atoms with Crippen LogP contribution in [0.15, 0.2) is 23.2 Å². The van der Waals surface area contributed by atoms with E-state index in [1.165, 1.54) is 18.3 Å². The number of thiocarbonyl (C=S) groups is 1. The molecule has 112 valence electrons. The molecule has 1 rings (SSSR count). The van der Waals surface area contributed by atoms with Crippen molar-refractivity contribution in [2.24, 2.45) is 5.73 Å². The molecule has 1 aromatic heterocycles. The number of unbranched alkanes of at least 4 members (excludes halogenated alkanes) is 1. The summed E-state index contributed by atoms with van der Waals surface area (Å²) in [5, 5.41) is 0. The average Bonchev–Trinajstić information content (AvgIpc) is 2.38. The molecule has 0 radical (unpaired) electrons. The van der Waals surface area contributed by atoms with Crippen LogP contribution in [0.3, 0.4) is 0 Å². The van der Waals surface area contributed by atoms with Crippen LogP contribution >= 0.6 is 12.2 Å². The van der Waals surface area contributed by atoms with Gasteiger partial charge >= 0.3 is 0 Å². The minimum atomic E-state index is -3.51. The Morgan fingerprint density at radius 1 is 1.40 bits per heavy atom. The molecule has 20 heavy (non-hydrogen) atoms. The van der Waals surface area contributed by atoms with Gasteiger partial charge in [0, 0.05) is 12.7 Å². The van der Waals surface area contributed by atoms with Gasteiger partial charge in [-0.15, -0.1) is 0 Å². The fourth-order valence-electron chi connectivity index (χ4n) is 1.53. The lowest BCUT2D eigenvalue weighted by atomic mass is 10.3. The summed E-state index contributed by atoms with van der Waals surface area (Å²) in [7, 11) is 0.457. The minimum Gasteiger partial charge on any atom is -0.388 e. The van der Waals surface area contributed by atoms with Gasteiger partial charge in [0.05, 0.1) is 5.69 Å². The molecule has 3 N–H and O–H groups in total. The quantitative estimate of drug-likeness (QED) is 0.531. The van der Waals surface area contributed by atoms with Gasteiger partial charge in [-0.1, -0.05) is 12.2 Å². The molecule has 0 saturated carbocycles. The summed E-state index contributed by atoms with van der Waals surface area (Å²) in [6.07, 6.45) is 2.99. The maximum absolute atomic E-state index is 12.0. The second-order valence-electron chi connectivity index (χ2n) is 4.65. The number of nitrogens with one attached hydrogen (secondary N) is 1. The van der Waals surface area contributed by atoms with Crippen LogP contribution in [-0.2, 0) is 10.0 Å². The molecule has 0 fully saturated rings. The number of nitrogens with zero attached hydrogens (tertiary/aromatic N) is 2. The molecule has 8 heteroatoms. The zero-order chi connectivity index (χ0) is 15.2. The number of aromatic nitrogens is 1. The van der Waals surface area contributed by atoms with Crippen LogP contribution in [0.25, 0.3) is 0 Å². The highest BCUT2D eigenvalue weighted by atomic mass is 32.2. The molecule has 0 bridgehead atoms. The van der Waals surface area contributed by atoms with Gasteiger partial charge in [-0.3, -0.25) is 4.98 Å². The molecule has 0 atom stereocenters. The maximum Gasteiger partial charge on any atom is 0.242 e. The van der Waals surface area contributed by atoms with Crippen molar-refractivity contribution < 1.29 is 8.42 Å². The highest BCUT2D eigenvalue weighted by Gasteiger charge is 2.13. The molecule has 0 saturated heterocycles. The van der Waals surface area contributed by atoms with Crippen molar-refractivity contribution in [1.82, 2.24) is 14.6 Å². The van der Waals surface area contributed by atoms with Crippen LogP contribution in [-0.4, -0.2) is 50.5 Å². The number of pyridine rings is 1. The lowest BCUT2D eigenvalue weighted by molar-refractivity contribution is 0.394. The Kier molecular flexibility index (Phi) is 6.47. The Bertz CT molecular complexity index is 541. The van der Waals surface area contributed by atoms with Crippen LogP contribution in [0.2, 0.25) is 0 Å². The Morgan fingerprint density at radius 3 is 2.60 bits per heavy atom. The van der Waals surface area contributed by atoms with Crippen molar-refractivity contribution in [2.45, 2.75) is 17.7 Å². The number of hydrogen-bond donors (Lipinski definition) is 2. The predicted octanol–water partition coefficient (Wildman–Crippen LogP) is 0.336. The molecule has 0 unspecified atom stereocenters. The number of hydrogen-bond acceptors (Lipinski definition) is 5. The van der Waals surface area contributed by atoms with Gasteiger partial charge < -0.3 is 10.6 Å². The van der Waals surface area contributed by atoms with E-state index in [0.29, 0.717) is 12.2 Å². The van der Waals surface area contributed by atoms with E-state index in [1.54, 1.807) is 0 Å². The van der Waals surface area contributed by atoms with Crippen LogP contribution in [0.5, 0.6) is 0 Å². The van der Waals surface area contributed by atoms with E-state index in [1.807, 2.05) is 14.1 Å². The Balaban J connectivity index is 2.54. The zero-order valence-corrected chi connectivity index (χ0v) is 13.3. The van der Waals surface area contributed by atoms with E-state index in [9.17, 15) is 8.42 Å². The molecule has 0 aromatic carbocycles. The van der Waals surface area contributed by atoms with E-state index in [0.717, 1.165) is 19.4 Å². The van der Waals surface area contributed by atoms with Gasteiger partial charge in [-0.2, -0.15) is 0 Å². The molecule has 1 aromatic rings. The van der Waals surface area contributed by atoms with Gasteiger partial charge in [-0.25, -0.2) is 13.1 Å². The molecular weight excluding hydrogens is 296 g/mol. The van der Waals surface area contributed by atoms with Crippen LogP contribution in [0.4, 0.5) is 0 Å². The largest absolute Gasteiger partial charge is 0.388 e. The molecular formula is C12H20N4O2S2. The van der Waals surface area contributed by atoms with E-state index in [2.05, 4.69) is 14.6 Å². The second-order valence-corrected chi connectivity index (χ2v) is 6.86. The van der Waals surface area contributed by atoms with Crippen molar-refractivity contribution in [3.8, 4) is 0 Å². The van der Waals surface area contributed by atoms with Crippen molar-refractivity contribution >= 4 is 27.2 Å². The van der Waals surface area contributed by atoms with Crippen molar-refractivity contribution in [3.05, 3.63) is 24.0 Å². The summed E-state index contributed by atoms with van der Waals surface area (Å²) in [5.41, 5.74) is 5.82. The number of sulfonamides is 1. The van der Waals surface area contributed by atoms with E-state index in [4.69, 9.17) is 18.0 Å². The van der Waals surface area contributed by atoms with Gasteiger partial charge in [0.15, 0.2) is 0 Å². The summed E-state index contributed by atoms with van der Waals surface area (Å²) >= 11 is 4.76. The fraction of sp³-hybridized carbons (Fsp3) is 0.500. The van der Waals surface area contributed by atoms with Crippen molar-refractivity contribution in [1.29, 1.82) is 0 Å². The Labute approximate surface area is 125 Å². The van der Waals surface area contributed by atoms with Gasteiger partial charge in [0.2, 0.25) is 10.0 Å². The monoisotopic (exact) mass is 316 g/mol. The predicted molar refractivity (Wildman–Crippen MR) is 83.1 cm³/mol. The average molecular weight is 316 g/mol. The van der Waals surface area contributed by atoms with Crippen LogP contribution < -0.4 is 10.5 Å². The summed E-state index contributed by atoms with van der Waals surface area (Å²) in [6, 6.07) is 2.95. The first-order valence-corrected chi connectivity index (χ1v) is 8.12. The zero-order valence-electron chi connectivity index (χ0n) is 11.7. The molecule has 6 nitrogen and oxygen atoms in total. The highest BCUT2D eigenvalue weighted by Crippen LogP contribution is 2.08. The Morgan fingerprint density at radius 2 is 2.10 bits per heavy atom. The minimum absolute atomic E-state index is 0.116. The normalized spacial score (nSPS) is 11.8. The summed E-state index contributed by atoms with van der Waals surface area (Å²) in [6.45, 7) is 1.35. The third-order valence-corrected chi connectivity index (χ3v) is 4.28. The standard InChI is InChI=1S/C12H20N4O2S2/c1-16(2)8-4-3-7-15-20(17,18)10-5-6-11(12(13)19)14-9-10/h5-6,9,15H,3-4,7-8H2,1-2H3,(H2,13,19). The van der Waals surface area contributed by atoms with Gasteiger partial charge in [-0.05, 0) is 45.6 Å². The molecule has 0 spiro atoms. The molecule has 0 aliphatic rings. The first-order valence-electron chi connectivity index (χ1n) is 6.23. The van der Waals surface area contributed by atoms with Crippen LogP contribution in [0.1, 0.15) is 18.5 Å². The fourth-order valence-corrected chi connectivity index (χ4v) is 2.67. The third-order valence-electron chi connectivity index (χ3n) is 2.62. The molecule has 1 heterocycles. The van der Waals surface area contributed by atoms with Crippen molar-refractivity contribution in [3.63, 3.8) is 0 Å². The SMILES string of the molecule is CN(C)CCCCNS(=O)(=O)c1ccc(C(N)=S)nc1. The van der Waals surface area contributed by atoms with E-state index >= 15 is 0 Å². The Hall–Kier alpha value is -1.09. The maximum atomic E-state index is 12.0. The third kappa shape index (κ3) is 5.49. The topological polar surface area (TPSA) is 88.3 Å². The highest BCUT2D eigenvalue weighted by molar-refractivity contribution is 7.89. The number of rotatable bonds is 8. The molecule has 0 aliphatic carbocycles. The summed E-state index contributed by atoms with van der Waals surface area (Å²) in [5.74, 6) is 0. The van der Waals surface area contributed by atoms with Crippen molar-refractivity contribution in [2.75, 3.05) is 27.2 Å². The van der Waals surface area contributed by atoms with Gasteiger partial charge in [0.25, 0.3) is 0 Å². The van der Waals surface area contributed by atoms with Crippen LogP contribution in [0, 0.1) is 0 Å². The number of nitrogens with two attached hydrogens (primary N) is 1. The molecule has 0 aliphatic heterocycles. The summed E-state index contributed by atoms with van der Waals surface area (Å²) < 4.78 is 26.5. The van der Waals surface area contributed by atoms with E-state index in [-0.39, 0.29) is 9.88 Å². The smallest absolute Gasteiger partial charge is 0.242 e. The first-order chi connectivity index (χ1) is 9.33. The lowest BCUT2D eigenvalue weighted by Gasteiger charge is -2.10. The van der Waals surface area contributed by atoms with Gasteiger partial charge in [0.1, 0.15) is 9.88 Å². The lowest BCUT2D eigenvalue weighted by Crippen LogP contribution is -2.26.